The monoisotopic (exact) mass is 318 g/mol. The molecule has 0 N–H and O–H groups in total. The Kier molecular flexibility index (Phi) is 3.44. The highest BCUT2D eigenvalue weighted by Crippen LogP contribution is 2.40. The van der Waals surface area contributed by atoms with Gasteiger partial charge in [-0.05, 0) is 49.9 Å². The molecule has 1 aromatic heterocycles. The number of aromatic nitrogens is 2. The van der Waals surface area contributed by atoms with Crippen molar-refractivity contribution in [1.82, 2.24) is 5.10 Å². The summed E-state index contributed by atoms with van der Waals surface area (Å²) in [7, 11) is 0. The van der Waals surface area contributed by atoms with E-state index in [9.17, 15) is 9.90 Å². The number of nitrogens with zero attached hydrogens (tertiary/aromatic N) is 2. The Labute approximate surface area is 133 Å². The number of hydrogen-bond acceptors (Lipinski definition) is 5. The summed E-state index contributed by atoms with van der Waals surface area (Å²) >= 11 is 1.42. The van der Waals surface area contributed by atoms with Crippen LogP contribution < -0.4 is 14.5 Å². The Morgan fingerprint density at radius 1 is 1.45 bits per heavy atom. The van der Waals surface area contributed by atoms with E-state index < -0.39 is 5.60 Å². The molecule has 2 heterocycles. The van der Waals surface area contributed by atoms with Gasteiger partial charge in [0.1, 0.15) is 5.75 Å². The SMILES string of the molecule is Cc1n[n+](C(=O)C2(C)CCc3c(C)c([O-])cc(C)c3O2)cs1. The topological polar surface area (TPSA) is 66.1 Å². The number of aryl methyl sites for hydroxylation is 2. The molecule has 0 saturated heterocycles. The first-order valence-corrected chi connectivity index (χ1v) is 8.08. The number of fused-ring (bicyclic) bond motifs is 1. The largest absolute Gasteiger partial charge is 0.872 e. The average molecular weight is 318 g/mol. The molecule has 3 rings (SSSR count). The number of ether oxygens (including phenoxy) is 1. The molecule has 1 aliphatic heterocycles. The van der Waals surface area contributed by atoms with Gasteiger partial charge in [-0.25, -0.2) is 4.79 Å². The molecule has 0 bridgehead atoms. The van der Waals surface area contributed by atoms with Crippen molar-refractivity contribution in [2.45, 2.75) is 46.1 Å². The maximum absolute atomic E-state index is 12.7. The number of rotatable bonds is 1. The predicted molar refractivity (Wildman–Crippen MR) is 80.4 cm³/mol. The maximum atomic E-state index is 12.7. The summed E-state index contributed by atoms with van der Waals surface area (Å²) in [5, 5.41) is 16.9. The van der Waals surface area contributed by atoms with E-state index in [4.69, 9.17) is 4.74 Å². The van der Waals surface area contributed by atoms with Crippen LogP contribution in [0.1, 0.15) is 39.8 Å². The molecule has 0 amide bonds. The average Bonchev–Trinajstić information content (AvgIpc) is 2.90. The lowest BCUT2D eigenvalue weighted by molar-refractivity contribution is -0.637. The standard InChI is InChI=1S/C16H18N2O3S/c1-9-7-13(19)10(2)12-5-6-16(4,21-14(9)12)15(20)18-8-22-11(3)17-18/h7-8H,5-6H2,1-4H3. The zero-order valence-electron chi connectivity index (χ0n) is 13.1. The van der Waals surface area contributed by atoms with Crippen LogP contribution in [-0.4, -0.2) is 16.6 Å². The summed E-state index contributed by atoms with van der Waals surface area (Å²) in [5.74, 6) is 0.525. The van der Waals surface area contributed by atoms with Gasteiger partial charge in [-0.15, -0.1) is 5.75 Å². The van der Waals surface area contributed by atoms with E-state index in [1.54, 1.807) is 18.5 Å². The normalized spacial score (nSPS) is 20.4. The van der Waals surface area contributed by atoms with Gasteiger partial charge >= 0.3 is 5.91 Å². The Morgan fingerprint density at radius 3 is 2.82 bits per heavy atom. The van der Waals surface area contributed by atoms with Crippen LogP contribution in [-0.2, 0) is 6.42 Å². The van der Waals surface area contributed by atoms with Gasteiger partial charge in [-0.1, -0.05) is 23.0 Å². The summed E-state index contributed by atoms with van der Waals surface area (Å²) in [4.78, 5) is 12.7. The third-order valence-corrected chi connectivity index (χ3v) is 4.94. The zero-order chi connectivity index (χ0) is 16.1. The molecule has 116 valence electrons. The third-order valence-electron chi connectivity index (χ3n) is 4.21. The van der Waals surface area contributed by atoms with Crippen molar-refractivity contribution in [2.24, 2.45) is 0 Å². The molecule has 0 saturated carbocycles. The first-order valence-electron chi connectivity index (χ1n) is 7.20. The van der Waals surface area contributed by atoms with Crippen molar-refractivity contribution in [3.8, 4) is 11.5 Å². The molecule has 1 atom stereocenters. The molecular weight excluding hydrogens is 300 g/mol. The van der Waals surface area contributed by atoms with Crippen LogP contribution in [0.5, 0.6) is 11.5 Å². The number of carbonyl (C=O) groups is 1. The Morgan fingerprint density at radius 2 is 2.18 bits per heavy atom. The minimum Gasteiger partial charge on any atom is -0.872 e. The summed E-state index contributed by atoms with van der Waals surface area (Å²) in [6.45, 7) is 7.31. The van der Waals surface area contributed by atoms with Gasteiger partial charge in [0, 0.05) is 11.5 Å². The van der Waals surface area contributed by atoms with E-state index in [1.807, 2.05) is 20.8 Å². The van der Waals surface area contributed by atoms with Gasteiger partial charge in [0.15, 0.2) is 5.01 Å². The molecule has 1 aromatic carbocycles. The first kappa shape index (κ1) is 15.0. The van der Waals surface area contributed by atoms with E-state index in [1.165, 1.54) is 16.0 Å². The van der Waals surface area contributed by atoms with E-state index in [0.29, 0.717) is 24.2 Å². The molecule has 1 aliphatic rings. The van der Waals surface area contributed by atoms with Gasteiger partial charge < -0.3 is 9.84 Å². The van der Waals surface area contributed by atoms with Crippen LogP contribution in [0, 0.1) is 20.8 Å². The fraction of sp³-hybridized carbons (Fsp3) is 0.438. The van der Waals surface area contributed by atoms with Gasteiger partial charge in [-0.3, -0.25) is 0 Å². The molecule has 0 radical (unpaired) electrons. The highest BCUT2D eigenvalue weighted by molar-refractivity contribution is 7.08. The van der Waals surface area contributed by atoms with Crippen LogP contribution in [0.2, 0.25) is 0 Å². The molecule has 5 nitrogen and oxygen atoms in total. The van der Waals surface area contributed by atoms with Crippen LogP contribution >= 0.6 is 11.3 Å². The predicted octanol–water partition coefficient (Wildman–Crippen LogP) is 1.85. The molecule has 6 heteroatoms. The summed E-state index contributed by atoms with van der Waals surface area (Å²) < 4.78 is 7.42. The molecule has 1 unspecified atom stereocenters. The minimum atomic E-state index is -0.959. The summed E-state index contributed by atoms with van der Waals surface area (Å²) in [6.07, 6.45) is 1.19. The van der Waals surface area contributed by atoms with E-state index in [-0.39, 0.29) is 11.7 Å². The maximum Gasteiger partial charge on any atom is 0.461 e. The highest BCUT2D eigenvalue weighted by atomic mass is 32.1. The number of benzene rings is 1. The molecule has 2 aromatic rings. The Balaban J connectivity index is 2.00. The molecule has 0 spiro atoms. The Bertz CT molecular complexity index is 769. The van der Waals surface area contributed by atoms with Gasteiger partial charge in [0.05, 0.1) is 0 Å². The number of hydrogen-bond donors (Lipinski definition) is 0. The van der Waals surface area contributed by atoms with Crippen LogP contribution in [0.3, 0.4) is 0 Å². The van der Waals surface area contributed by atoms with Gasteiger partial charge in [0.25, 0.3) is 5.51 Å². The van der Waals surface area contributed by atoms with Gasteiger partial charge in [-0.2, -0.15) is 0 Å². The van der Waals surface area contributed by atoms with Crippen molar-refractivity contribution < 1.29 is 19.3 Å². The van der Waals surface area contributed by atoms with Crippen LogP contribution in [0.15, 0.2) is 11.6 Å². The molecule has 0 aliphatic carbocycles. The molecule has 0 fully saturated rings. The lowest BCUT2D eigenvalue weighted by Crippen LogP contribution is -2.59. The third kappa shape index (κ3) is 2.27. The van der Waals surface area contributed by atoms with Crippen LogP contribution in [0.25, 0.3) is 0 Å². The van der Waals surface area contributed by atoms with Gasteiger partial charge in [0.2, 0.25) is 5.60 Å². The lowest BCUT2D eigenvalue weighted by Gasteiger charge is -2.34. The number of carbonyl (C=O) groups excluding carboxylic acids is 1. The molecular formula is C16H18N2O3S. The van der Waals surface area contributed by atoms with E-state index >= 15 is 0 Å². The minimum absolute atomic E-state index is 0.0271. The van der Waals surface area contributed by atoms with Crippen molar-refractivity contribution >= 4 is 17.2 Å². The second-order valence-corrected chi connectivity index (χ2v) is 6.99. The lowest BCUT2D eigenvalue weighted by atomic mass is 9.88. The Hall–Kier alpha value is -1.95. The summed E-state index contributed by atoms with van der Waals surface area (Å²) in [5.41, 5.74) is 3.16. The molecule has 22 heavy (non-hydrogen) atoms. The quantitative estimate of drug-likeness (QED) is 0.753. The smallest absolute Gasteiger partial charge is 0.461 e. The zero-order valence-corrected chi connectivity index (χ0v) is 13.9. The summed E-state index contributed by atoms with van der Waals surface area (Å²) in [6, 6.07) is 1.57. The second kappa shape index (κ2) is 5.05. The van der Waals surface area contributed by atoms with Crippen molar-refractivity contribution in [3.05, 3.63) is 33.3 Å². The van der Waals surface area contributed by atoms with E-state index in [0.717, 1.165) is 16.1 Å². The van der Waals surface area contributed by atoms with Crippen molar-refractivity contribution in [3.63, 3.8) is 0 Å². The first-order chi connectivity index (χ1) is 10.3. The van der Waals surface area contributed by atoms with Crippen molar-refractivity contribution in [1.29, 1.82) is 0 Å². The second-order valence-electron chi connectivity index (χ2n) is 5.95. The highest BCUT2D eigenvalue weighted by Gasteiger charge is 2.47. The fourth-order valence-electron chi connectivity index (χ4n) is 2.82. The van der Waals surface area contributed by atoms with E-state index in [2.05, 4.69) is 5.10 Å². The fourth-order valence-corrected chi connectivity index (χ4v) is 3.35. The van der Waals surface area contributed by atoms with Crippen molar-refractivity contribution in [2.75, 3.05) is 0 Å². The van der Waals surface area contributed by atoms with Crippen LogP contribution in [0.4, 0.5) is 0 Å².